The lowest BCUT2D eigenvalue weighted by Gasteiger charge is -2.20. The lowest BCUT2D eigenvalue weighted by Crippen LogP contribution is -2.35. The van der Waals surface area contributed by atoms with Gasteiger partial charge in [-0.2, -0.15) is 0 Å². The van der Waals surface area contributed by atoms with Crippen molar-refractivity contribution < 1.29 is 14.3 Å². The molecular formula is C22H32N2O3. The van der Waals surface area contributed by atoms with Gasteiger partial charge in [-0.15, -0.1) is 0 Å². The van der Waals surface area contributed by atoms with E-state index in [2.05, 4.69) is 11.9 Å². The maximum Gasteiger partial charge on any atom is 0.256 e. The van der Waals surface area contributed by atoms with E-state index in [0.29, 0.717) is 29.4 Å². The minimum Gasteiger partial charge on any atom is -0.493 e. The second kappa shape index (κ2) is 9.77. The molecule has 5 nitrogen and oxygen atoms in total. The molecule has 0 radical (unpaired) electrons. The summed E-state index contributed by atoms with van der Waals surface area (Å²) in [4.78, 5) is 19.3. The highest BCUT2D eigenvalue weighted by atomic mass is 16.5. The van der Waals surface area contributed by atoms with E-state index < -0.39 is 0 Å². The topological polar surface area (TPSA) is 51.1 Å². The van der Waals surface area contributed by atoms with Crippen LogP contribution in [-0.2, 0) is 0 Å². The zero-order valence-corrected chi connectivity index (χ0v) is 16.7. The standard InChI is InChI=1S/C22H32N2O3/c1-3-4-5-6-7-8-9-13-27-21-15-19-18(14-20(21)26-2)22(25)24-12-10-11-17(24)16-23-19/h14-17H,3-13H2,1-2H3/t17-/m0/s1. The van der Waals surface area contributed by atoms with Crippen molar-refractivity contribution >= 4 is 17.8 Å². The van der Waals surface area contributed by atoms with Crippen LogP contribution in [0.25, 0.3) is 0 Å². The monoisotopic (exact) mass is 372 g/mol. The Bertz CT molecular complexity index is 672. The number of nitrogens with zero attached hydrogens (tertiary/aromatic N) is 2. The fraction of sp³-hybridized carbons (Fsp3) is 0.636. The maximum atomic E-state index is 12.9. The van der Waals surface area contributed by atoms with Crippen molar-refractivity contribution in [2.24, 2.45) is 4.99 Å². The van der Waals surface area contributed by atoms with Crippen molar-refractivity contribution in [2.75, 3.05) is 20.3 Å². The van der Waals surface area contributed by atoms with Crippen molar-refractivity contribution in [1.82, 2.24) is 4.90 Å². The van der Waals surface area contributed by atoms with Gasteiger partial charge in [-0.1, -0.05) is 45.4 Å². The summed E-state index contributed by atoms with van der Waals surface area (Å²) in [6.45, 7) is 3.70. The Labute approximate surface area is 162 Å². The molecule has 0 spiro atoms. The number of unbranched alkanes of at least 4 members (excludes halogenated alkanes) is 6. The molecule has 5 heteroatoms. The predicted molar refractivity (Wildman–Crippen MR) is 109 cm³/mol. The Morgan fingerprint density at radius 3 is 2.67 bits per heavy atom. The van der Waals surface area contributed by atoms with Gasteiger partial charge < -0.3 is 14.4 Å². The van der Waals surface area contributed by atoms with Crippen LogP contribution in [0.4, 0.5) is 5.69 Å². The van der Waals surface area contributed by atoms with E-state index in [1.54, 1.807) is 13.2 Å². The van der Waals surface area contributed by atoms with Crippen LogP contribution in [0.1, 0.15) is 75.1 Å². The van der Waals surface area contributed by atoms with E-state index in [-0.39, 0.29) is 11.9 Å². The number of hydrogen-bond donors (Lipinski definition) is 0. The molecule has 1 aromatic carbocycles. The summed E-state index contributed by atoms with van der Waals surface area (Å²) in [5.74, 6) is 1.33. The van der Waals surface area contributed by atoms with Crippen LogP contribution in [0, 0.1) is 0 Å². The number of carbonyl (C=O) groups is 1. The fourth-order valence-electron chi connectivity index (χ4n) is 3.86. The van der Waals surface area contributed by atoms with E-state index in [4.69, 9.17) is 9.47 Å². The van der Waals surface area contributed by atoms with Crippen LogP contribution in [0.2, 0.25) is 0 Å². The first kappa shape index (κ1) is 19.7. The molecule has 1 aromatic rings. The van der Waals surface area contributed by atoms with Gasteiger partial charge in [-0.3, -0.25) is 9.79 Å². The maximum absolute atomic E-state index is 12.9. The normalized spacial score (nSPS) is 18.2. The SMILES string of the molecule is CCCCCCCCCOc1cc2c(cc1OC)C(=O)N1CCC[C@H]1C=N2. The second-order valence-electron chi connectivity index (χ2n) is 7.48. The average Bonchev–Trinajstić information content (AvgIpc) is 3.11. The fourth-order valence-corrected chi connectivity index (χ4v) is 3.86. The smallest absolute Gasteiger partial charge is 0.256 e. The highest BCUT2D eigenvalue weighted by molar-refractivity contribution is 6.03. The van der Waals surface area contributed by atoms with Gasteiger partial charge in [-0.25, -0.2) is 0 Å². The number of methoxy groups -OCH3 is 1. The van der Waals surface area contributed by atoms with E-state index in [0.717, 1.165) is 25.8 Å². The van der Waals surface area contributed by atoms with Crippen molar-refractivity contribution in [3.63, 3.8) is 0 Å². The Hall–Kier alpha value is -2.04. The third-order valence-electron chi connectivity index (χ3n) is 5.46. The Balaban J connectivity index is 1.60. The number of ether oxygens (including phenoxy) is 2. The second-order valence-corrected chi connectivity index (χ2v) is 7.48. The van der Waals surface area contributed by atoms with Gasteiger partial charge in [0, 0.05) is 18.8 Å². The Morgan fingerprint density at radius 1 is 1.11 bits per heavy atom. The van der Waals surface area contributed by atoms with Gasteiger partial charge in [-0.05, 0) is 25.3 Å². The van der Waals surface area contributed by atoms with Crippen LogP contribution in [0.3, 0.4) is 0 Å². The summed E-state index contributed by atoms with van der Waals surface area (Å²) in [5, 5.41) is 0. The molecule has 0 unspecified atom stereocenters. The third kappa shape index (κ3) is 4.82. The summed E-state index contributed by atoms with van der Waals surface area (Å²) in [6.07, 6.45) is 12.7. The molecule has 1 fully saturated rings. The molecule has 0 saturated carbocycles. The van der Waals surface area contributed by atoms with E-state index in [1.807, 2.05) is 17.2 Å². The van der Waals surface area contributed by atoms with E-state index in [9.17, 15) is 4.79 Å². The molecule has 0 aromatic heterocycles. The van der Waals surface area contributed by atoms with Crippen molar-refractivity contribution in [3.8, 4) is 11.5 Å². The van der Waals surface area contributed by atoms with Crippen LogP contribution >= 0.6 is 0 Å². The molecular weight excluding hydrogens is 340 g/mol. The summed E-state index contributed by atoms with van der Waals surface area (Å²) in [7, 11) is 1.62. The first-order valence-corrected chi connectivity index (χ1v) is 10.4. The average molecular weight is 373 g/mol. The van der Waals surface area contributed by atoms with Gasteiger partial charge in [0.2, 0.25) is 0 Å². The van der Waals surface area contributed by atoms with Crippen LogP contribution in [0.15, 0.2) is 17.1 Å². The lowest BCUT2D eigenvalue weighted by molar-refractivity contribution is 0.0774. The highest BCUT2D eigenvalue weighted by Gasteiger charge is 2.32. The van der Waals surface area contributed by atoms with E-state index in [1.165, 1.54) is 38.5 Å². The largest absolute Gasteiger partial charge is 0.493 e. The van der Waals surface area contributed by atoms with E-state index >= 15 is 0 Å². The van der Waals surface area contributed by atoms with Gasteiger partial charge in [0.15, 0.2) is 11.5 Å². The van der Waals surface area contributed by atoms with Crippen LogP contribution in [-0.4, -0.2) is 43.3 Å². The predicted octanol–water partition coefficient (Wildman–Crippen LogP) is 5.15. The number of amides is 1. The molecule has 27 heavy (non-hydrogen) atoms. The third-order valence-corrected chi connectivity index (χ3v) is 5.46. The first-order valence-electron chi connectivity index (χ1n) is 10.4. The Kier molecular flexibility index (Phi) is 7.13. The Morgan fingerprint density at radius 2 is 1.89 bits per heavy atom. The van der Waals surface area contributed by atoms with Crippen LogP contribution in [0.5, 0.6) is 11.5 Å². The molecule has 3 rings (SSSR count). The number of hydrogen-bond acceptors (Lipinski definition) is 4. The molecule has 2 aliphatic rings. The van der Waals surface area contributed by atoms with Gasteiger partial charge >= 0.3 is 0 Å². The molecule has 1 atom stereocenters. The molecule has 2 heterocycles. The van der Waals surface area contributed by atoms with Gasteiger partial charge in [0.25, 0.3) is 5.91 Å². The molecule has 0 bridgehead atoms. The van der Waals surface area contributed by atoms with Gasteiger partial charge in [0.1, 0.15) is 0 Å². The van der Waals surface area contributed by atoms with Crippen molar-refractivity contribution in [1.29, 1.82) is 0 Å². The molecule has 0 aliphatic carbocycles. The number of fused-ring (bicyclic) bond motifs is 2. The molecule has 2 aliphatic heterocycles. The summed E-state index contributed by atoms with van der Waals surface area (Å²) >= 11 is 0. The van der Waals surface area contributed by atoms with Crippen LogP contribution < -0.4 is 9.47 Å². The number of carbonyl (C=O) groups excluding carboxylic acids is 1. The van der Waals surface area contributed by atoms with Gasteiger partial charge in [0.05, 0.1) is 31.0 Å². The summed E-state index contributed by atoms with van der Waals surface area (Å²) in [6, 6.07) is 3.76. The summed E-state index contributed by atoms with van der Waals surface area (Å²) in [5.41, 5.74) is 1.29. The minimum atomic E-state index is 0.0435. The van der Waals surface area contributed by atoms with Crippen molar-refractivity contribution in [3.05, 3.63) is 17.7 Å². The molecule has 1 saturated heterocycles. The number of rotatable bonds is 10. The zero-order chi connectivity index (χ0) is 19.1. The zero-order valence-electron chi connectivity index (χ0n) is 16.7. The first-order chi connectivity index (χ1) is 13.2. The minimum absolute atomic E-state index is 0.0435. The summed E-state index contributed by atoms with van der Waals surface area (Å²) < 4.78 is 11.5. The lowest BCUT2D eigenvalue weighted by atomic mass is 10.1. The number of benzene rings is 1. The molecule has 0 N–H and O–H groups in total. The quantitative estimate of drug-likeness (QED) is 0.534. The molecule has 148 valence electrons. The van der Waals surface area contributed by atoms with Crippen molar-refractivity contribution in [2.45, 2.75) is 70.8 Å². The highest BCUT2D eigenvalue weighted by Crippen LogP contribution is 2.38. The molecule has 1 amide bonds. The number of aliphatic imine (C=N–C) groups is 1.